The van der Waals surface area contributed by atoms with E-state index in [9.17, 15) is 4.39 Å². The minimum atomic E-state index is -0.641. The van der Waals surface area contributed by atoms with E-state index in [0.717, 1.165) is 0 Å². The maximum atomic E-state index is 13.6. The summed E-state index contributed by atoms with van der Waals surface area (Å²) in [7, 11) is 1.61. The monoisotopic (exact) mass is 289 g/mol. The predicted molar refractivity (Wildman–Crippen MR) is 69.1 cm³/mol. The van der Waals surface area contributed by atoms with Crippen molar-refractivity contribution in [1.82, 2.24) is 4.98 Å². The quantitative estimate of drug-likeness (QED) is 0.607. The average Bonchev–Trinajstić information content (AvgIpc) is 2.47. The normalized spacial score (nSPS) is 10.8. The third-order valence-electron chi connectivity index (χ3n) is 2.38. The Bertz CT molecular complexity index is 378. The molecular formula is C13H20FNO5. The summed E-state index contributed by atoms with van der Waals surface area (Å²) in [5.74, 6) is -0.769. The van der Waals surface area contributed by atoms with Gasteiger partial charge >= 0.3 is 0 Å². The van der Waals surface area contributed by atoms with E-state index in [1.165, 1.54) is 12.3 Å². The summed E-state index contributed by atoms with van der Waals surface area (Å²) in [5.41, 5.74) is 0.155. The first kappa shape index (κ1) is 16.8. The molecule has 1 aromatic heterocycles. The summed E-state index contributed by atoms with van der Waals surface area (Å²) in [4.78, 5) is 3.75. The summed E-state index contributed by atoms with van der Waals surface area (Å²) in [5, 5.41) is 8.90. The van der Waals surface area contributed by atoms with Crippen molar-refractivity contribution in [3.63, 3.8) is 0 Å². The number of halogens is 1. The van der Waals surface area contributed by atoms with E-state index in [4.69, 9.17) is 24.1 Å². The largest absolute Gasteiger partial charge is 0.473 e. The number of rotatable bonds is 11. The van der Waals surface area contributed by atoms with Gasteiger partial charge in [-0.05, 0) is 6.07 Å². The van der Waals surface area contributed by atoms with Crippen molar-refractivity contribution < 1.29 is 28.4 Å². The van der Waals surface area contributed by atoms with Crippen LogP contribution in [-0.4, -0.2) is 56.8 Å². The molecule has 114 valence electrons. The summed E-state index contributed by atoms with van der Waals surface area (Å²) >= 11 is 0. The Morgan fingerprint density at radius 1 is 1.10 bits per heavy atom. The molecule has 0 atom stereocenters. The fourth-order valence-corrected chi connectivity index (χ4v) is 1.35. The zero-order valence-corrected chi connectivity index (χ0v) is 11.5. The number of pyridine rings is 1. The van der Waals surface area contributed by atoms with Crippen LogP contribution >= 0.6 is 0 Å². The maximum absolute atomic E-state index is 13.6. The summed E-state index contributed by atoms with van der Waals surface area (Å²) < 4.78 is 34.0. The van der Waals surface area contributed by atoms with Crippen LogP contribution in [0.25, 0.3) is 0 Å². The van der Waals surface area contributed by atoms with Crippen LogP contribution in [0.1, 0.15) is 5.56 Å². The van der Waals surface area contributed by atoms with Crippen molar-refractivity contribution >= 4 is 0 Å². The molecule has 0 spiro atoms. The number of aromatic nitrogens is 1. The van der Waals surface area contributed by atoms with Crippen molar-refractivity contribution in [3.05, 3.63) is 23.6 Å². The van der Waals surface area contributed by atoms with E-state index >= 15 is 0 Å². The first-order valence-electron chi connectivity index (χ1n) is 6.31. The molecule has 1 heterocycles. The standard InChI is InChI=1S/C13H20FNO5/c1-17-4-5-18-6-7-19-8-9-20-13-12(14)11(10-16)2-3-15-13/h2-3,16H,4-10H2,1H3. The molecule has 0 saturated carbocycles. The molecule has 0 unspecified atom stereocenters. The van der Waals surface area contributed by atoms with E-state index in [2.05, 4.69) is 4.98 Å². The van der Waals surface area contributed by atoms with Crippen molar-refractivity contribution in [1.29, 1.82) is 0 Å². The molecule has 20 heavy (non-hydrogen) atoms. The molecule has 1 aromatic rings. The lowest BCUT2D eigenvalue weighted by Crippen LogP contribution is -2.13. The van der Waals surface area contributed by atoms with Gasteiger partial charge in [0, 0.05) is 18.9 Å². The summed E-state index contributed by atoms with van der Waals surface area (Å²) in [6, 6.07) is 1.40. The highest BCUT2D eigenvalue weighted by Crippen LogP contribution is 2.16. The van der Waals surface area contributed by atoms with Gasteiger partial charge in [0.15, 0.2) is 5.82 Å². The van der Waals surface area contributed by atoms with Gasteiger partial charge in [0.2, 0.25) is 0 Å². The molecular weight excluding hydrogens is 269 g/mol. The number of ether oxygens (including phenoxy) is 4. The van der Waals surface area contributed by atoms with Gasteiger partial charge in [-0.3, -0.25) is 0 Å². The van der Waals surface area contributed by atoms with Crippen molar-refractivity contribution in [2.45, 2.75) is 6.61 Å². The zero-order chi connectivity index (χ0) is 14.6. The number of methoxy groups -OCH3 is 1. The molecule has 7 heteroatoms. The van der Waals surface area contributed by atoms with Gasteiger partial charge in [0.1, 0.15) is 6.61 Å². The number of aliphatic hydroxyl groups is 1. The zero-order valence-electron chi connectivity index (χ0n) is 11.5. The minimum Gasteiger partial charge on any atom is -0.473 e. The Hall–Kier alpha value is -1.28. The van der Waals surface area contributed by atoms with E-state index < -0.39 is 5.82 Å². The van der Waals surface area contributed by atoms with Crippen LogP contribution in [0, 0.1) is 5.82 Å². The van der Waals surface area contributed by atoms with E-state index in [-0.39, 0.29) is 24.7 Å². The maximum Gasteiger partial charge on any atom is 0.250 e. The highest BCUT2D eigenvalue weighted by atomic mass is 19.1. The molecule has 0 saturated heterocycles. The molecule has 0 amide bonds. The number of hydrogen-bond donors (Lipinski definition) is 1. The van der Waals surface area contributed by atoms with Crippen LogP contribution in [0.3, 0.4) is 0 Å². The lowest BCUT2D eigenvalue weighted by atomic mass is 10.3. The van der Waals surface area contributed by atoms with Gasteiger partial charge < -0.3 is 24.1 Å². The molecule has 1 rings (SSSR count). The van der Waals surface area contributed by atoms with Gasteiger partial charge in [0.05, 0.1) is 39.6 Å². The molecule has 0 fully saturated rings. The van der Waals surface area contributed by atoms with Crippen LogP contribution in [0.4, 0.5) is 4.39 Å². The van der Waals surface area contributed by atoms with Gasteiger partial charge in [-0.25, -0.2) is 9.37 Å². The number of nitrogens with zero attached hydrogens (tertiary/aromatic N) is 1. The van der Waals surface area contributed by atoms with Crippen LogP contribution < -0.4 is 4.74 Å². The second-order valence-electron chi connectivity index (χ2n) is 3.81. The van der Waals surface area contributed by atoms with Crippen LogP contribution in [0.5, 0.6) is 5.88 Å². The fraction of sp³-hybridized carbons (Fsp3) is 0.615. The molecule has 0 aliphatic rings. The minimum absolute atomic E-state index is 0.128. The highest BCUT2D eigenvalue weighted by Gasteiger charge is 2.09. The first-order valence-corrected chi connectivity index (χ1v) is 6.31. The van der Waals surface area contributed by atoms with E-state index in [0.29, 0.717) is 33.0 Å². The van der Waals surface area contributed by atoms with Crippen molar-refractivity contribution in [2.75, 3.05) is 46.8 Å². The predicted octanol–water partition coefficient (Wildman–Crippen LogP) is 0.771. The Labute approximate surface area is 117 Å². The van der Waals surface area contributed by atoms with Crippen LogP contribution in [0.15, 0.2) is 12.3 Å². The first-order chi connectivity index (χ1) is 9.79. The lowest BCUT2D eigenvalue weighted by Gasteiger charge is -2.08. The lowest BCUT2D eigenvalue weighted by molar-refractivity contribution is 0.0173. The number of aliphatic hydroxyl groups excluding tert-OH is 1. The average molecular weight is 289 g/mol. The SMILES string of the molecule is COCCOCCOCCOc1nccc(CO)c1F. The highest BCUT2D eigenvalue weighted by molar-refractivity contribution is 5.22. The third kappa shape index (κ3) is 6.25. The topological polar surface area (TPSA) is 70.0 Å². The van der Waals surface area contributed by atoms with Crippen LogP contribution in [-0.2, 0) is 20.8 Å². The van der Waals surface area contributed by atoms with Crippen molar-refractivity contribution in [2.24, 2.45) is 0 Å². The smallest absolute Gasteiger partial charge is 0.250 e. The Morgan fingerprint density at radius 3 is 2.40 bits per heavy atom. The van der Waals surface area contributed by atoms with Gasteiger partial charge in [0.25, 0.3) is 5.88 Å². The van der Waals surface area contributed by atoms with Crippen LogP contribution in [0.2, 0.25) is 0 Å². The van der Waals surface area contributed by atoms with E-state index in [1.807, 2.05) is 0 Å². The second kappa shape index (κ2) is 10.5. The van der Waals surface area contributed by atoms with Gasteiger partial charge in [-0.1, -0.05) is 0 Å². The molecule has 0 aromatic carbocycles. The molecule has 6 nitrogen and oxygen atoms in total. The molecule has 0 bridgehead atoms. The molecule has 0 aliphatic heterocycles. The summed E-state index contributed by atoms with van der Waals surface area (Å²) in [6.45, 7) is 2.07. The third-order valence-corrected chi connectivity index (χ3v) is 2.38. The summed E-state index contributed by atoms with van der Waals surface area (Å²) in [6.07, 6.45) is 1.38. The Morgan fingerprint density at radius 2 is 1.75 bits per heavy atom. The molecule has 1 N–H and O–H groups in total. The second-order valence-corrected chi connectivity index (χ2v) is 3.81. The van der Waals surface area contributed by atoms with E-state index in [1.54, 1.807) is 7.11 Å². The van der Waals surface area contributed by atoms with Gasteiger partial charge in [-0.2, -0.15) is 0 Å². The van der Waals surface area contributed by atoms with Crippen molar-refractivity contribution in [3.8, 4) is 5.88 Å². The Balaban J connectivity index is 2.09. The van der Waals surface area contributed by atoms with Gasteiger partial charge in [-0.15, -0.1) is 0 Å². The number of hydrogen-bond acceptors (Lipinski definition) is 6. The Kier molecular flexibility index (Phi) is 8.81. The molecule has 0 radical (unpaired) electrons. The molecule has 0 aliphatic carbocycles. The fourth-order valence-electron chi connectivity index (χ4n) is 1.35.